The summed E-state index contributed by atoms with van der Waals surface area (Å²) >= 11 is 0. The number of carbonyl (C=O) groups excluding carboxylic acids is 2. The summed E-state index contributed by atoms with van der Waals surface area (Å²) < 4.78 is 17.7. The predicted molar refractivity (Wildman–Crippen MR) is 420 cm³/mol. The van der Waals surface area contributed by atoms with Crippen LogP contribution in [0.1, 0.15) is 142 Å². The Kier molecular flexibility index (Phi) is 60.8. The van der Waals surface area contributed by atoms with Crippen molar-refractivity contribution in [3.05, 3.63) is 24.0 Å². The first-order valence-corrected chi connectivity index (χ1v) is 39.5. The maximum absolute atomic E-state index is 10.9. The molecule has 11 aliphatic rings. The molecule has 0 aromatic carbocycles. The summed E-state index contributed by atoms with van der Waals surface area (Å²) in [5.41, 5.74) is 1.32. The topological polar surface area (TPSA) is 204 Å². The van der Waals surface area contributed by atoms with Crippen molar-refractivity contribution in [3.8, 4) is 0 Å². The minimum absolute atomic E-state index is 0.202. The van der Waals surface area contributed by atoms with Gasteiger partial charge in [-0.25, -0.2) is 0 Å². The molecule has 1 unspecified atom stereocenters. The van der Waals surface area contributed by atoms with Gasteiger partial charge in [0.15, 0.2) is 0 Å². The van der Waals surface area contributed by atoms with Gasteiger partial charge in [0.2, 0.25) is 11.8 Å². The van der Waals surface area contributed by atoms with Gasteiger partial charge in [-0.1, -0.05) is 32.1 Å². The van der Waals surface area contributed by atoms with Gasteiger partial charge in [-0.2, -0.15) is 5.06 Å². The number of ether oxygens (including phenoxy) is 3. The average Bonchev–Trinajstić information content (AvgIpc) is 1.52. The SMILES string of the molecule is CC(=O)N1CCN(C)CC1.CN1CCCC1.CN1CCN(C)CC1.CN1CCN(O)CC1.CN1CCOCC1.CNC1CCCC1.CNC1CCN(C(C)=O)CC1.CNC1CCN(C)CC1.CNC1CCOCC1.CNCC1CCCCC1.CNCC1CCCO1.CNCc1cccn1C. The van der Waals surface area contributed by atoms with Crippen LogP contribution in [0.2, 0.25) is 0 Å². The number of morpholine rings is 1. The van der Waals surface area contributed by atoms with Crippen LogP contribution in [-0.4, -0.2) is 377 Å². The lowest BCUT2D eigenvalue weighted by molar-refractivity contribution is -0.131. The Hall–Kier alpha value is -2.54. The van der Waals surface area contributed by atoms with Gasteiger partial charge in [-0.05, 0) is 239 Å². The fourth-order valence-corrected chi connectivity index (χ4v) is 12.9. The van der Waals surface area contributed by atoms with Gasteiger partial charge in [0, 0.05) is 195 Å². The van der Waals surface area contributed by atoms with E-state index in [1.165, 1.54) is 179 Å². The van der Waals surface area contributed by atoms with Crippen molar-refractivity contribution in [2.24, 2.45) is 13.0 Å². The van der Waals surface area contributed by atoms with Gasteiger partial charge in [-0.3, -0.25) is 9.59 Å². The van der Waals surface area contributed by atoms with Crippen molar-refractivity contribution in [2.45, 2.75) is 173 Å². The monoisotopic (exact) mass is 1420 g/mol. The molecular formula is C76H162N18O6. The first-order valence-electron chi connectivity index (χ1n) is 39.5. The number of amides is 2. The summed E-state index contributed by atoms with van der Waals surface area (Å²) in [6.45, 7) is 32.6. The Morgan fingerprint density at radius 1 is 0.390 bits per heavy atom. The molecule has 2 amide bonds. The number of hydrogen-bond donors (Lipinski definition) is 8. The van der Waals surface area contributed by atoms with Gasteiger partial charge < -0.3 is 105 Å². The van der Waals surface area contributed by atoms with E-state index < -0.39 is 0 Å². The molecular weight excluding hydrogens is 1260 g/mol. The van der Waals surface area contributed by atoms with Crippen molar-refractivity contribution < 1.29 is 29.0 Å². The number of piperidine rings is 2. The summed E-state index contributed by atoms with van der Waals surface area (Å²) in [4.78, 5) is 41.7. The molecule has 24 nitrogen and oxygen atoms in total. The van der Waals surface area contributed by atoms with E-state index in [9.17, 15) is 9.59 Å². The summed E-state index contributed by atoms with van der Waals surface area (Å²) in [6.07, 6.45) is 28.0. The van der Waals surface area contributed by atoms with Crippen LogP contribution in [0.5, 0.6) is 0 Å². The Bertz CT molecular complexity index is 1890. The third-order valence-corrected chi connectivity index (χ3v) is 20.7. The molecule has 2 saturated carbocycles. The van der Waals surface area contributed by atoms with Crippen LogP contribution in [0.4, 0.5) is 0 Å². The third-order valence-electron chi connectivity index (χ3n) is 20.7. The fourth-order valence-electron chi connectivity index (χ4n) is 12.9. The Morgan fingerprint density at radius 3 is 1.13 bits per heavy atom. The zero-order valence-electron chi connectivity index (χ0n) is 67.8. The lowest BCUT2D eigenvalue weighted by Crippen LogP contribution is -2.46. The number of aryl methyl sites for hydroxylation is 1. The highest BCUT2D eigenvalue weighted by Crippen LogP contribution is 2.22. The highest BCUT2D eigenvalue weighted by atomic mass is 16.5. The minimum atomic E-state index is 0.202. The van der Waals surface area contributed by atoms with Crippen molar-refractivity contribution in [1.82, 2.24) is 90.9 Å². The fraction of sp³-hybridized carbons (Fsp3) is 0.921. The molecule has 11 fully saturated rings. The van der Waals surface area contributed by atoms with Crippen molar-refractivity contribution in [2.75, 3.05) is 276 Å². The molecule has 1 aromatic heterocycles. The van der Waals surface area contributed by atoms with Crippen molar-refractivity contribution >= 4 is 11.8 Å². The number of rotatable bonds is 10. The molecule has 24 heteroatoms. The van der Waals surface area contributed by atoms with Gasteiger partial charge in [-0.15, -0.1) is 0 Å². The lowest BCUT2D eigenvalue weighted by atomic mass is 9.89. The Labute approximate surface area is 614 Å². The van der Waals surface area contributed by atoms with Gasteiger partial charge in [0.05, 0.1) is 19.3 Å². The summed E-state index contributed by atoms with van der Waals surface area (Å²) in [7, 11) is 31.1. The average molecular weight is 1420 g/mol. The van der Waals surface area contributed by atoms with Crippen molar-refractivity contribution in [3.63, 3.8) is 0 Å². The number of hydroxylamine groups is 2. The van der Waals surface area contributed by atoms with E-state index in [0.717, 1.165) is 156 Å². The number of likely N-dealkylation sites (tertiary alicyclic amines) is 3. The van der Waals surface area contributed by atoms with E-state index >= 15 is 0 Å². The van der Waals surface area contributed by atoms with Crippen LogP contribution in [0.25, 0.3) is 0 Å². The van der Waals surface area contributed by atoms with E-state index in [1.807, 2.05) is 57.3 Å². The molecule has 8 N–H and O–H groups in total. The third kappa shape index (κ3) is 52.4. The highest BCUT2D eigenvalue weighted by Gasteiger charge is 2.20. The molecule has 10 heterocycles. The molecule has 0 spiro atoms. The number of piperazine rings is 3. The second-order valence-electron chi connectivity index (χ2n) is 29.4. The highest BCUT2D eigenvalue weighted by molar-refractivity contribution is 5.73. The molecule has 592 valence electrons. The molecule has 9 aliphatic heterocycles. The second kappa shape index (κ2) is 63.7. The first-order chi connectivity index (χ1) is 48.2. The van der Waals surface area contributed by atoms with Gasteiger partial charge in [0.1, 0.15) is 0 Å². The Morgan fingerprint density at radius 2 is 0.780 bits per heavy atom. The number of carbonyl (C=O) groups is 2. The molecule has 9 saturated heterocycles. The standard InChI is InChI=1S/C8H16N2O.C8H17N.C7H14N2O.C7H16N2.C7H12N2.C6H14N2.2C6H13NO.C6H13N.C5H12N2O.C5H11NO.C5H11N/c1-7(11)10-5-3-8(9-2)4-6-10;1-9-7-8-5-3-2-4-6-8;1-7(10)9-5-3-8(2)4-6-9;1-8-7-3-5-9(2)6-4-7;1-8-6-7-4-3-5-9(7)2;1-7-3-5-8(2)6-4-7;1-7-6-2-4-8-5-3-6;1-7-5-6-3-2-4-8-6;1-7-6-4-2-3-5-6;1-6-2-4-7(8)5-3-6;1-6-2-4-7-5-3-6;1-6-4-2-3-5-6/h8-9H,3-6H2,1-2H3;8-9H,2-7H2,1H3;3-6H2,1-2H3;7-8H,3-6H2,1-2H3;3-5,8H,6H2,1-2H3;3-6H2,1-2H3;2*6-7H,2-5H2,1H3;6-7H,2-5H2,1H3;8H,2-5H2,1H3;2-5H2,1H3;2-5H2,1H3. The normalized spacial score (nSPS) is 22.8. The Balaban J connectivity index is 0.000000547. The molecule has 100 heavy (non-hydrogen) atoms. The quantitative estimate of drug-likeness (QED) is 0.157. The van der Waals surface area contributed by atoms with E-state index in [0.29, 0.717) is 18.2 Å². The van der Waals surface area contributed by atoms with Crippen LogP contribution in [0.3, 0.4) is 0 Å². The second-order valence-corrected chi connectivity index (χ2v) is 29.4. The van der Waals surface area contributed by atoms with Crippen LogP contribution in [0, 0.1) is 5.92 Å². The van der Waals surface area contributed by atoms with E-state index in [2.05, 4.69) is 153 Å². The van der Waals surface area contributed by atoms with E-state index in [1.54, 1.807) is 13.8 Å². The number of nitrogens with zero attached hydrogens (tertiary/aromatic N) is 11. The van der Waals surface area contributed by atoms with Crippen molar-refractivity contribution in [1.29, 1.82) is 0 Å². The minimum Gasteiger partial charge on any atom is -0.381 e. The van der Waals surface area contributed by atoms with Crippen LogP contribution in [-0.2, 0) is 37.4 Å². The van der Waals surface area contributed by atoms with Crippen LogP contribution >= 0.6 is 0 Å². The summed E-state index contributed by atoms with van der Waals surface area (Å²) in [6, 6.07) is 7.11. The summed E-state index contributed by atoms with van der Waals surface area (Å²) in [5.74, 6) is 1.40. The molecule has 1 atom stereocenters. The smallest absolute Gasteiger partial charge is 0.219 e. The number of aromatic nitrogens is 1. The molecule has 2 aliphatic carbocycles. The first kappa shape index (κ1) is 95.5. The van der Waals surface area contributed by atoms with Gasteiger partial charge in [0.25, 0.3) is 0 Å². The molecule has 1 aromatic rings. The number of likely N-dealkylation sites (N-methyl/N-ethyl adjacent to an activating group) is 6. The van der Waals surface area contributed by atoms with E-state index in [-0.39, 0.29) is 11.8 Å². The zero-order chi connectivity index (χ0) is 74.0. The molecule has 0 bridgehead atoms. The van der Waals surface area contributed by atoms with E-state index in [4.69, 9.17) is 19.4 Å². The summed E-state index contributed by atoms with van der Waals surface area (Å²) in [5, 5.41) is 32.6. The van der Waals surface area contributed by atoms with Crippen LogP contribution in [0.15, 0.2) is 18.3 Å². The van der Waals surface area contributed by atoms with Gasteiger partial charge >= 0.3 is 0 Å². The zero-order valence-corrected chi connectivity index (χ0v) is 67.8. The maximum atomic E-state index is 10.9. The molecule has 12 rings (SSSR count). The lowest BCUT2D eigenvalue weighted by Gasteiger charge is -2.31. The number of hydrogen-bond acceptors (Lipinski definition) is 21. The maximum Gasteiger partial charge on any atom is 0.219 e. The largest absolute Gasteiger partial charge is 0.381 e. The molecule has 0 radical (unpaired) electrons. The predicted octanol–water partition coefficient (Wildman–Crippen LogP) is 4.89. The number of nitrogens with one attached hydrogen (secondary N) is 7. The van der Waals surface area contributed by atoms with Crippen LogP contribution < -0.4 is 37.2 Å².